The quantitative estimate of drug-likeness (QED) is 0.894. The number of hydrogen-bond donors (Lipinski definition) is 1. The molecule has 136 valence electrons. The molecule has 3 heterocycles. The molecule has 0 saturated carbocycles. The Labute approximate surface area is 153 Å². The van der Waals surface area contributed by atoms with E-state index in [2.05, 4.69) is 10.3 Å². The van der Waals surface area contributed by atoms with Gasteiger partial charge in [0.15, 0.2) is 0 Å². The Morgan fingerprint density at radius 2 is 2.12 bits per heavy atom. The minimum Gasteiger partial charge on any atom is -0.497 e. The average Bonchev–Trinajstić information content (AvgIpc) is 3.28. The highest BCUT2D eigenvalue weighted by atomic mass is 16.5. The zero-order chi connectivity index (χ0) is 17.9. The summed E-state index contributed by atoms with van der Waals surface area (Å²) in [5, 5.41) is 3.38. The Hall–Kier alpha value is -2.60. The number of pyridine rings is 1. The lowest BCUT2D eigenvalue weighted by atomic mass is 9.93. The molecule has 26 heavy (non-hydrogen) atoms. The van der Waals surface area contributed by atoms with Crippen molar-refractivity contribution < 1.29 is 14.3 Å². The molecular weight excluding hydrogens is 330 g/mol. The molecule has 2 fully saturated rings. The summed E-state index contributed by atoms with van der Waals surface area (Å²) in [6.45, 7) is 2.95. The summed E-state index contributed by atoms with van der Waals surface area (Å²) in [6.07, 6.45) is 1.91. The summed E-state index contributed by atoms with van der Waals surface area (Å²) in [4.78, 5) is 19.0. The molecule has 2 aromatic rings. The van der Waals surface area contributed by atoms with Crippen LogP contribution in [0.4, 0.5) is 5.82 Å². The van der Waals surface area contributed by atoms with Crippen LogP contribution in [0.15, 0.2) is 48.7 Å². The van der Waals surface area contributed by atoms with E-state index in [1.807, 2.05) is 47.4 Å². The van der Waals surface area contributed by atoms with Crippen molar-refractivity contribution in [3.05, 3.63) is 54.2 Å². The molecule has 4 rings (SSSR count). The molecule has 0 unspecified atom stereocenters. The molecule has 6 heteroatoms. The average molecular weight is 353 g/mol. The van der Waals surface area contributed by atoms with Crippen LogP contribution in [0.2, 0.25) is 0 Å². The lowest BCUT2D eigenvalue weighted by Gasteiger charge is -2.20. The summed E-state index contributed by atoms with van der Waals surface area (Å²) in [7, 11) is 1.62. The molecule has 2 aliphatic rings. The van der Waals surface area contributed by atoms with Crippen molar-refractivity contribution in [3.63, 3.8) is 0 Å². The number of nitrogens with zero attached hydrogens (tertiary/aromatic N) is 2. The highest BCUT2D eigenvalue weighted by Crippen LogP contribution is 2.34. The van der Waals surface area contributed by atoms with Gasteiger partial charge in [-0.3, -0.25) is 4.79 Å². The van der Waals surface area contributed by atoms with Crippen molar-refractivity contribution in [2.45, 2.75) is 6.10 Å². The molecule has 0 bridgehead atoms. The number of methoxy groups -OCH3 is 1. The summed E-state index contributed by atoms with van der Waals surface area (Å²) in [5.74, 6) is 2.44. The van der Waals surface area contributed by atoms with E-state index in [1.54, 1.807) is 13.3 Å². The number of nitrogens with one attached hydrogen (secondary N) is 1. The van der Waals surface area contributed by atoms with E-state index in [4.69, 9.17) is 9.47 Å². The molecule has 1 aromatic heterocycles. The fourth-order valence-corrected chi connectivity index (χ4v) is 3.79. The zero-order valence-electron chi connectivity index (χ0n) is 14.8. The van der Waals surface area contributed by atoms with Crippen LogP contribution in [-0.4, -0.2) is 55.2 Å². The first-order valence-corrected chi connectivity index (χ1v) is 8.94. The third kappa shape index (κ3) is 3.37. The molecule has 1 N–H and O–H groups in total. The van der Waals surface area contributed by atoms with Gasteiger partial charge in [0.2, 0.25) is 0 Å². The first-order valence-electron chi connectivity index (χ1n) is 8.94. The lowest BCUT2D eigenvalue weighted by Crippen LogP contribution is -2.32. The number of carbonyl (C=O) groups excluding carboxylic acids is 1. The van der Waals surface area contributed by atoms with E-state index in [1.165, 1.54) is 0 Å². The molecular formula is C20H23N3O3. The lowest BCUT2D eigenvalue weighted by molar-refractivity contribution is 0.0680. The number of hydrogen-bond acceptors (Lipinski definition) is 5. The number of ether oxygens (including phenoxy) is 2. The predicted molar refractivity (Wildman–Crippen MR) is 98.3 cm³/mol. The SMILES string of the molecule is COc1ccc(C(=O)N2C[C@@H]3[C@@H](CNc4ccccn4)CO[C@@H]3C2)cc1. The van der Waals surface area contributed by atoms with Crippen molar-refractivity contribution >= 4 is 11.7 Å². The first-order chi connectivity index (χ1) is 12.7. The van der Waals surface area contributed by atoms with Crippen molar-refractivity contribution in [2.75, 3.05) is 38.7 Å². The van der Waals surface area contributed by atoms with Crippen molar-refractivity contribution in [3.8, 4) is 5.75 Å². The van der Waals surface area contributed by atoms with Gasteiger partial charge in [0.05, 0.1) is 19.8 Å². The summed E-state index contributed by atoms with van der Waals surface area (Å²) in [6, 6.07) is 13.1. The third-order valence-electron chi connectivity index (χ3n) is 5.27. The zero-order valence-corrected chi connectivity index (χ0v) is 14.8. The Morgan fingerprint density at radius 1 is 1.27 bits per heavy atom. The summed E-state index contributed by atoms with van der Waals surface area (Å²) in [5.41, 5.74) is 0.689. The molecule has 2 saturated heterocycles. The second-order valence-electron chi connectivity index (χ2n) is 6.83. The van der Waals surface area contributed by atoms with Crippen molar-refractivity contribution in [1.29, 1.82) is 0 Å². The standard InChI is InChI=1S/C20H23N3O3/c1-25-16-7-5-14(6-8-16)20(24)23-11-17-15(13-26-18(17)12-23)10-22-19-4-2-3-9-21-19/h2-9,15,17-18H,10-13H2,1H3,(H,21,22)/t15-,17+,18+/m0/s1. The van der Waals surface area contributed by atoms with Crippen LogP contribution in [0.25, 0.3) is 0 Å². The molecule has 1 aromatic carbocycles. The number of rotatable bonds is 5. The fourth-order valence-electron chi connectivity index (χ4n) is 3.79. The predicted octanol–water partition coefficient (Wildman–Crippen LogP) is 2.29. The molecule has 0 radical (unpaired) electrons. The van der Waals surface area contributed by atoms with Gasteiger partial charge in [-0.05, 0) is 36.4 Å². The Kier molecular flexibility index (Phi) is 4.75. The highest BCUT2D eigenvalue weighted by molar-refractivity contribution is 5.94. The van der Waals surface area contributed by atoms with Gasteiger partial charge >= 0.3 is 0 Å². The number of anilines is 1. The number of amides is 1. The molecule has 0 aliphatic carbocycles. The van der Waals surface area contributed by atoms with Gasteiger partial charge in [-0.25, -0.2) is 4.98 Å². The normalized spacial score (nSPS) is 24.3. The smallest absolute Gasteiger partial charge is 0.253 e. The van der Waals surface area contributed by atoms with E-state index in [9.17, 15) is 4.79 Å². The Balaban J connectivity index is 1.36. The van der Waals surface area contributed by atoms with Gasteiger partial charge in [0, 0.05) is 43.2 Å². The van der Waals surface area contributed by atoms with Gasteiger partial charge in [0.1, 0.15) is 11.6 Å². The summed E-state index contributed by atoms with van der Waals surface area (Å²) >= 11 is 0. The van der Waals surface area contributed by atoms with Crippen LogP contribution in [-0.2, 0) is 4.74 Å². The fraction of sp³-hybridized carbons (Fsp3) is 0.400. The molecule has 3 atom stereocenters. The number of benzene rings is 1. The van der Waals surface area contributed by atoms with Gasteiger partial charge < -0.3 is 19.7 Å². The topological polar surface area (TPSA) is 63.7 Å². The number of fused-ring (bicyclic) bond motifs is 1. The van der Waals surface area contributed by atoms with Gasteiger partial charge in [-0.15, -0.1) is 0 Å². The maximum atomic E-state index is 12.8. The molecule has 1 amide bonds. The van der Waals surface area contributed by atoms with Gasteiger partial charge in [0.25, 0.3) is 5.91 Å². The van der Waals surface area contributed by atoms with Crippen LogP contribution >= 0.6 is 0 Å². The van der Waals surface area contributed by atoms with Crippen LogP contribution in [0.5, 0.6) is 5.75 Å². The van der Waals surface area contributed by atoms with Gasteiger partial charge in [-0.1, -0.05) is 6.07 Å². The largest absolute Gasteiger partial charge is 0.497 e. The van der Waals surface area contributed by atoms with E-state index in [0.29, 0.717) is 23.9 Å². The molecule has 2 aliphatic heterocycles. The minimum absolute atomic E-state index is 0.0575. The van der Waals surface area contributed by atoms with Crippen LogP contribution in [0.1, 0.15) is 10.4 Å². The number of carbonyl (C=O) groups is 1. The second kappa shape index (κ2) is 7.33. The molecule has 6 nitrogen and oxygen atoms in total. The van der Waals surface area contributed by atoms with Gasteiger partial charge in [-0.2, -0.15) is 0 Å². The van der Waals surface area contributed by atoms with E-state index in [-0.39, 0.29) is 12.0 Å². The first kappa shape index (κ1) is 16.8. The molecule has 0 spiro atoms. The van der Waals surface area contributed by atoms with E-state index >= 15 is 0 Å². The van der Waals surface area contributed by atoms with Crippen LogP contribution in [0.3, 0.4) is 0 Å². The number of aromatic nitrogens is 1. The van der Waals surface area contributed by atoms with E-state index < -0.39 is 0 Å². The Bertz CT molecular complexity index is 751. The minimum atomic E-state index is 0.0575. The van der Waals surface area contributed by atoms with Crippen molar-refractivity contribution in [2.24, 2.45) is 11.8 Å². The number of likely N-dealkylation sites (tertiary alicyclic amines) is 1. The monoisotopic (exact) mass is 353 g/mol. The Morgan fingerprint density at radius 3 is 2.85 bits per heavy atom. The van der Waals surface area contributed by atoms with Crippen molar-refractivity contribution in [1.82, 2.24) is 9.88 Å². The summed E-state index contributed by atoms with van der Waals surface area (Å²) < 4.78 is 11.1. The highest BCUT2D eigenvalue weighted by Gasteiger charge is 2.45. The maximum Gasteiger partial charge on any atom is 0.253 e. The third-order valence-corrected chi connectivity index (χ3v) is 5.27. The van der Waals surface area contributed by atoms with Crippen LogP contribution in [0, 0.1) is 11.8 Å². The maximum absolute atomic E-state index is 12.8. The van der Waals surface area contributed by atoms with Crippen LogP contribution < -0.4 is 10.1 Å². The second-order valence-corrected chi connectivity index (χ2v) is 6.83. The van der Waals surface area contributed by atoms with E-state index in [0.717, 1.165) is 31.3 Å².